The predicted molar refractivity (Wildman–Crippen MR) is 78.1 cm³/mol. The van der Waals surface area contributed by atoms with Crippen LogP contribution in [-0.2, 0) is 5.41 Å². The number of methoxy groups -OCH3 is 2. The van der Waals surface area contributed by atoms with E-state index in [1.807, 2.05) is 6.92 Å². The Labute approximate surface area is 116 Å². The molecular formula is C16H25NO2. The van der Waals surface area contributed by atoms with Crippen LogP contribution < -0.4 is 15.2 Å². The summed E-state index contributed by atoms with van der Waals surface area (Å²) in [5.74, 6) is 1.87. The molecule has 1 fully saturated rings. The van der Waals surface area contributed by atoms with E-state index in [1.165, 1.54) is 24.8 Å². The molecule has 0 radical (unpaired) electrons. The summed E-state index contributed by atoms with van der Waals surface area (Å²) < 4.78 is 11.1. The zero-order chi connectivity index (χ0) is 13.9. The summed E-state index contributed by atoms with van der Waals surface area (Å²) in [6.07, 6.45) is 6.10. The third kappa shape index (κ3) is 2.57. The second-order valence-corrected chi connectivity index (χ2v) is 5.57. The first kappa shape index (κ1) is 14.2. The largest absolute Gasteiger partial charge is 0.496 e. The molecule has 0 bridgehead atoms. The van der Waals surface area contributed by atoms with Crippen LogP contribution >= 0.6 is 0 Å². The molecule has 1 aromatic carbocycles. The first-order chi connectivity index (χ1) is 9.16. The Morgan fingerprint density at radius 2 is 1.68 bits per heavy atom. The summed E-state index contributed by atoms with van der Waals surface area (Å²) in [7, 11) is 3.45. The van der Waals surface area contributed by atoms with E-state index in [4.69, 9.17) is 15.2 Å². The van der Waals surface area contributed by atoms with E-state index in [1.54, 1.807) is 14.2 Å². The highest BCUT2D eigenvalue weighted by molar-refractivity contribution is 5.49. The molecule has 1 aliphatic rings. The molecule has 3 nitrogen and oxygen atoms in total. The van der Waals surface area contributed by atoms with Crippen LogP contribution in [0.3, 0.4) is 0 Å². The molecule has 0 aliphatic heterocycles. The van der Waals surface area contributed by atoms with Gasteiger partial charge in [0.15, 0.2) is 0 Å². The van der Waals surface area contributed by atoms with Crippen molar-refractivity contribution in [3.8, 4) is 11.5 Å². The van der Waals surface area contributed by atoms with Crippen LogP contribution in [0.15, 0.2) is 12.1 Å². The normalized spacial score (nSPS) is 18.1. The molecule has 3 heteroatoms. The molecule has 0 aromatic heterocycles. The number of aryl methyl sites for hydroxylation is 1. The minimum atomic E-state index is 0.0601. The fourth-order valence-corrected chi connectivity index (χ4v) is 3.28. The van der Waals surface area contributed by atoms with Gasteiger partial charge in [0.1, 0.15) is 11.5 Å². The smallest absolute Gasteiger partial charge is 0.123 e. The first-order valence-corrected chi connectivity index (χ1v) is 7.10. The van der Waals surface area contributed by atoms with Crippen LogP contribution in [0, 0.1) is 6.92 Å². The van der Waals surface area contributed by atoms with Crippen molar-refractivity contribution in [2.75, 3.05) is 20.8 Å². The van der Waals surface area contributed by atoms with E-state index >= 15 is 0 Å². The van der Waals surface area contributed by atoms with Gasteiger partial charge in [-0.15, -0.1) is 0 Å². The molecule has 0 spiro atoms. The number of hydrogen-bond donors (Lipinski definition) is 1. The van der Waals surface area contributed by atoms with Gasteiger partial charge in [0.25, 0.3) is 0 Å². The lowest BCUT2D eigenvalue weighted by Crippen LogP contribution is -2.37. The van der Waals surface area contributed by atoms with Gasteiger partial charge in [-0.3, -0.25) is 0 Å². The monoisotopic (exact) mass is 263 g/mol. The second-order valence-electron chi connectivity index (χ2n) is 5.57. The summed E-state index contributed by atoms with van der Waals surface area (Å²) in [5.41, 5.74) is 8.51. The summed E-state index contributed by atoms with van der Waals surface area (Å²) >= 11 is 0. The molecule has 0 amide bonds. The number of ether oxygens (including phenoxy) is 2. The van der Waals surface area contributed by atoms with Gasteiger partial charge in [-0.05, 0) is 37.5 Å². The lowest BCUT2D eigenvalue weighted by atomic mass is 9.69. The van der Waals surface area contributed by atoms with Crippen molar-refractivity contribution < 1.29 is 9.47 Å². The third-order valence-corrected chi connectivity index (χ3v) is 4.49. The van der Waals surface area contributed by atoms with Crippen molar-refractivity contribution in [2.45, 2.75) is 44.4 Å². The zero-order valence-electron chi connectivity index (χ0n) is 12.3. The molecule has 2 N–H and O–H groups in total. The van der Waals surface area contributed by atoms with Crippen molar-refractivity contribution >= 4 is 0 Å². The third-order valence-electron chi connectivity index (χ3n) is 4.49. The number of hydrogen-bond acceptors (Lipinski definition) is 3. The summed E-state index contributed by atoms with van der Waals surface area (Å²) in [6.45, 7) is 2.72. The molecule has 0 atom stereocenters. The van der Waals surface area contributed by atoms with Crippen LogP contribution in [0.5, 0.6) is 11.5 Å². The summed E-state index contributed by atoms with van der Waals surface area (Å²) in [6, 6.07) is 4.20. The van der Waals surface area contributed by atoms with Gasteiger partial charge >= 0.3 is 0 Å². The van der Waals surface area contributed by atoms with Crippen LogP contribution in [0.2, 0.25) is 0 Å². The minimum Gasteiger partial charge on any atom is -0.496 e. The molecule has 1 aromatic rings. The van der Waals surface area contributed by atoms with Crippen molar-refractivity contribution in [3.05, 3.63) is 23.3 Å². The Morgan fingerprint density at radius 3 is 2.21 bits per heavy atom. The fraction of sp³-hybridized carbons (Fsp3) is 0.625. The fourth-order valence-electron chi connectivity index (χ4n) is 3.28. The second kappa shape index (κ2) is 5.83. The highest BCUT2D eigenvalue weighted by Gasteiger charge is 2.35. The standard InChI is InChI=1S/C16H25NO2/c1-12-9-15(19-3)13(10-14(12)18-2)16(11-17)7-5-4-6-8-16/h9-10H,4-8,11,17H2,1-3H3. The summed E-state index contributed by atoms with van der Waals surface area (Å²) in [5, 5.41) is 0. The van der Waals surface area contributed by atoms with Crippen molar-refractivity contribution in [2.24, 2.45) is 5.73 Å². The number of benzene rings is 1. The van der Waals surface area contributed by atoms with Gasteiger partial charge in [0.2, 0.25) is 0 Å². The molecule has 106 valence electrons. The maximum Gasteiger partial charge on any atom is 0.123 e. The van der Waals surface area contributed by atoms with Crippen molar-refractivity contribution in [1.29, 1.82) is 0 Å². The number of nitrogens with two attached hydrogens (primary N) is 1. The highest BCUT2D eigenvalue weighted by atomic mass is 16.5. The van der Waals surface area contributed by atoms with Crippen LogP contribution in [0.25, 0.3) is 0 Å². The molecule has 0 unspecified atom stereocenters. The summed E-state index contributed by atoms with van der Waals surface area (Å²) in [4.78, 5) is 0. The minimum absolute atomic E-state index is 0.0601. The Hall–Kier alpha value is -1.22. The Bertz CT molecular complexity index is 437. The van der Waals surface area contributed by atoms with E-state index < -0.39 is 0 Å². The van der Waals surface area contributed by atoms with E-state index in [0.29, 0.717) is 6.54 Å². The first-order valence-electron chi connectivity index (χ1n) is 7.10. The average Bonchev–Trinajstić information content (AvgIpc) is 2.47. The topological polar surface area (TPSA) is 44.5 Å². The van der Waals surface area contributed by atoms with E-state index in [0.717, 1.165) is 29.9 Å². The van der Waals surface area contributed by atoms with Crippen LogP contribution in [-0.4, -0.2) is 20.8 Å². The Morgan fingerprint density at radius 1 is 1.05 bits per heavy atom. The Balaban J connectivity index is 2.51. The van der Waals surface area contributed by atoms with Crippen LogP contribution in [0.4, 0.5) is 0 Å². The zero-order valence-corrected chi connectivity index (χ0v) is 12.3. The molecule has 0 heterocycles. The molecule has 2 rings (SSSR count). The van der Waals surface area contributed by atoms with Crippen LogP contribution in [0.1, 0.15) is 43.2 Å². The van der Waals surface area contributed by atoms with Crippen molar-refractivity contribution in [1.82, 2.24) is 0 Å². The van der Waals surface area contributed by atoms with Gasteiger partial charge in [-0.1, -0.05) is 19.3 Å². The lowest BCUT2D eigenvalue weighted by molar-refractivity contribution is 0.286. The quantitative estimate of drug-likeness (QED) is 0.907. The average molecular weight is 263 g/mol. The van der Waals surface area contributed by atoms with E-state index in [-0.39, 0.29) is 5.41 Å². The highest BCUT2D eigenvalue weighted by Crippen LogP contribution is 2.44. The number of rotatable bonds is 4. The lowest BCUT2D eigenvalue weighted by Gasteiger charge is -2.38. The maximum atomic E-state index is 6.13. The van der Waals surface area contributed by atoms with Gasteiger partial charge in [-0.25, -0.2) is 0 Å². The van der Waals surface area contributed by atoms with E-state index in [2.05, 4.69) is 12.1 Å². The predicted octanol–water partition coefficient (Wildman–Crippen LogP) is 3.17. The van der Waals surface area contributed by atoms with Gasteiger partial charge < -0.3 is 15.2 Å². The molecular weight excluding hydrogens is 238 g/mol. The van der Waals surface area contributed by atoms with Gasteiger partial charge in [0, 0.05) is 17.5 Å². The SMILES string of the molecule is COc1cc(C2(CN)CCCCC2)c(OC)cc1C. The van der Waals surface area contributed by atoms with Crippen molar-refractivity contribution in [3.63, 3.8) is 0 Å². The maximum absolute atomic E-state index is 6.13. The molecule has 1 saturated carbocycles. The molecule has 1 aliphatic carbocycles. The van der Waals surface area contributed by atoms with E-state index in [9.17, 15) is 0 Å². The Kier molecular flexibility index (Phi) is 4.35. The molecule has 19 heavy (non-hydrogen) atoms. The molecule has 0 saturated heterocycles. The van der Waals surface area contributed by atoms with Gasteiger partial charge in [0.05, 0.1) is 14.2 Å². The van der Waals surface area contributed by atoms with Gasteiger partial charge in [-0.2, -0.15) is 0 Å².